The van der Waals surface area contributed by atoms with Crippen molar-refractivity contribution in [3.63, 3.8) is 0 Å². The second-order valence-electron chi connectivity index (χ2n) is 3.21. The molecule has 0 fully saturated rings. The molecule has 0 aromatic carbocycles. The van der Waals surface area contributed by atoms with E-state index in [4.69, 9.17) is 5.11 Å². The molecule has 0 radical (unpaired) electrons. The van der Waals surface area contributed by atoms with Crippen molar-refractivity contribution in [2.75, 3.05) is 7.11 Å². The van der Waals surface area contributed by atoms with Crippen molar-refractivity contribution >= 4 is 11.9 Å². The Morgan fingerprint density at radius 2 is 2.22 bits per heavy atom. The molecule has 8 nitrogen and oxygen atoms in total. The van der Waals surface area contributed by atoms with Gasteiger partial charge >= 0.3 is 11.9 Å². The molecule has 0 saturated carbocycles. The summed E-state index contributed by atoms with van der Waals surface area (Å²) in [4.78, 5) is 29.6. The fourth-order valence-corrected chi connectivity index (χ4v) is 1.22. The van der Waals surface area contributed by atoms with Crippen molar-refractivity contribution in [2.45, 2.75) is 0 Å². The zero-order valence-corrected chi connectivity index (χ0v) is 9.27. The smallest absolute Gasteiger partial charge is 0.376 e. The van der Waals surface area contributed by atoms with Crippen LogP contribution in [0.4, 0.5) is 0 Å². The van der Waals surface area contributed by atoms with E-state index in [1.807, 2.05) is 0 Å². The van der Waals surface area contributed by atoms with Crippen LogP contribution in [-0.2, 0) is 4.74 Å². The Labute approximate surface area is 101 Å². The van der Waals surface area contributed by atoms with Crippen LogP contribution in [0.5, 0.6) is 0 Å². The van der Waals surface area contributed by atoms with Gasteiger partial charge in [0.25, 0.3) is 0 Å². The molecule has 0 aliphatic rings. The summed E-state index contributed by atoms with van der Waals surface area (Å²) >= 11 is 0. The number of hydrogen-bond donors (Lipinski definition) is 1. The maximum absolute atomic E-state index is 11.2. The minimum atomic E-state index is -1.09. The number of carbonyl (C=O) groups excluding carboxylic acids is 1. The highest BCUT2D eigenvalue weighted by Crippen LogP contribution is 2.06. The van der Waals surface area contributed by atoms with Crippen LogP contribution in [0.25, 0.3) is 5.82 Å². The van der Waals surface area contributed by atoms with Gasteiger partial charge in [-0.05, 0) is 0 Å². The van der Waals surface area contributed by atoms with Gasteiger partial charge in [0.1, 0.15) is 0 Å². The van der Waals surface area contributed by atoms with E-state index in [1.165, 1.54) is 36.4 Å². The van der Waals surface area contributed by atoms with Gasteiger partial charge in [-0.15, -0.1) is 0 Å². The first kappa shape index (κ1) is 11.7. The predicted octanol–water partition coefficient (Wildman–Crippen LogP) is 0.147. The molecular weight excluding hydrogens is 240 g/mol. The van der Waals surface area contributed by atoms with E-state index in [9.17, 15) is 9.59 Å². The highest BCUT2D eigenvalue weighted by Gasteiger charge is 2.12. The van der Waals surface area contributed by atoms with Gasteiger partial charge in [-0.3, -0.25) is 0 Å². The molecule has 1 N–H and O–H groups in total. The van der Waals surface area contributed by atoms with Crippen molar-refractivity contribution < 1.29 is 19.4 Å². The molecule has 0 aliphatic carbocycles. The number of carbonyl (C=O) groups is 2. The molecule has 2 heterocycles. The van der Waals surface area contributed by atoms with E-state index in [0.717, 1.165) is 0 Å². The molecular formula is C10H8N4O4. The van der Waals surface area contributed by atoms with Gasteiger partial charge in [-0.1, -0.05) is 0 Å². The second-order valence-corrected chi connectivity index (χ2v) is 3.21. The standard InChI is InChI=1S/C10H8N4O4/c1-18-10(17)8-11-3-2-7(13-8)14-5-6(4-12-14)9(15)16/h2-5H,1H3,(H,15,16). The Hall–Kier alpha value is -2.77. The maximum atomic E-state index is 11.2. The van der Waals surface area contributed by atoms with Gasteiger partial charge in [0.2, 0.25) is 5.82 Å². The van der Waals surface area contributed by atoms with Crippen LogP contribution in [-0.4, -0.2) is 43.9 Å². The van der Waals surface area contributed by atoms with Crippen LogP contribution < -0.4 is 0 Å². The van der Waals surface area contributed by atoms with Gasteiger partial charge in [0.05, 0.1) is 18.9 Å². The van der Waals surface area contributed by atoms with E-state index in [0.29, 0.717) is 0 Å². The van der Waals surface area contributed by atoms with E-state index >= 15 is 0 Å². The van der Waals surface area contributed by atoms with Crippen molar-refractivity contribution in [1.29, 1.82) is 0 Å². The molecule has 8 heteroatoms. The highest BCUT2D eigenvalue weighted by molar-refractivity contribution is 5.87. The molecule has 0 saturated heterocycles. The topological polar surface area (TPSA) is 107 Å². The number of rotatable bonds is 3. The molecule has 0 atom stereocenters. The maximum Gasteiger partial charge on any atom is 0.376 e. The Morgan fingerprint density at radius 1 is 1.44 bits per heavy atom. The van der Waals surface area contributed by atoms with Crippen LogP contribution in [0.1, 0.15) is 21.0 Å². The number of aromatic carboxylic acids is 1. The van der Waals surface area contributed by atoms with Crippen LogP contribution in [0.15, 0.2) is 24.7 Å². The molecule has 0 bridgehead atoms. The van der Waals surface area contributed by atoms with Gasteiger partial charge in [-0.25, -0.2) is 24.2 Å². The fraction of sp³-hybridized carbons (Fsp3) is 0.100. The lowest BCUT2D eigenvalue weighted by Gasteiger charge is -2.01. The Kier molecular flexibility index (Phi) is 3.00. The summed E-state index contributed by atoms with van der Waals surface area (Å²) < 4.78 is 5.72. The zero-order chi connectivity index (χ0) is 13.1. The van der Waals surface area contributed by atoms with Crippen LogP contribution in [0, 0.1) is 0 Å². The van der Waals surface area contributed by atoms with E-state index in [-0.39, 0.29) is 17.2 Å². The number of hydrogen-bond acceptors (Lipinski definition) is 6. The van der Waals surface area contributed by atoms with Crippen LogP contribution in [0.2, 0.25) is 0 Å². The minimum absolute atomic E-state index is 0.0215. The lowest BCUT2D eigenvalue weighted by Crippen LogP contribution is -2.10. The lowest BCUT2D eigenvalue weighted by molar-refractivity contribution is 0.0585. The summed E-state index contributed by atoms with van der Waals surface area (Å²) in [5.74, 6) is -1.62. The molecule has 0 aliphatic heterocycles. The van der Waals surface area contributed by atoms with E-state index < -0.39 is 11.9 Å². The largest absolute Gasteiger partial charge is 0.478 e. The molecule has 2 rings (SSSR count). The first-order valence-electron chi connectivity index (χ1n) is 4.81. The van der Waals surface area contributed by atoms with E-state index in [2.05, 4.69) is 19.8 Å². The number of carboxylic acid groups (broad SMARTS) is 1. The Morgan fingerprint density at radius 3 is 2.83 bits per heavy atom. The Balaban J connectivity index is 2.38. The first-order chi connectivity index (χ1) is 8.61. The summed E-state index contributed by atoms with van der Waals surface area (Å²) in [5.41, 5.74) is 0.0215. The SMILES string of the molecule is COC(=O)c1nccc(-n2cc(C(=O)O)cn2)n1. The molecule has 0 unspecified atom stereocenters. The monoisotopic (exact) mass is 248 g/mol. The molecule has 92 valence electrons. The summed E-state index contributed by atoms with van der Waals surface area (Å²) in [5, 5.41) is 12.6. The normalized spacial score (nSPS) is 10.1. The molecule has 2 aromatic rings. The minimum Gasteiger partial charge on any atom is -0.478 e. The number of aromatic nitrogens is 4. The summed E-state index contributed by atoms with van der Waals surface area (Å²) in [6.07, 6.45) is 3.82. The third-order valence-electron chi connectivity index (χ3n) is 2.07. The van der Waals surface area contributed by atoms with Crippen molar-refractivity contribution in [3.05, 3.63) is 36.0 Å². The van der Waals surface area contributed by atoms with Gasteiger partial charge in [0.15, 0.2) is 5.82 Å². The molecule has 0 amide bonds. The van der Waals surface area contributed by atoms with Crippen LogP contribution >= 0.6 is 0 Å². The predicted molar refractivity (Wildman–Crippen MR) is 57.5 cm³/mol. The zero-order valence-electron chi connectivity index (χ0n) is 9.27. The first-order valence-corrected chi connectivity index (χ1v) is 4.81. The third kappa shape index (κ3) is 2.17. The Bertz CT molecular complexity index is 607. The molecule has 18 heavy (non-hydrogen) atoms. The van der Waals surface area contributed by atoms with Crippen molar-refractivity contribution in [2.24, 2.45) is 0 Å². The van der Waals surface area contributed by atoms with Crippen LogP contribution in [0.3, 0.4) is 0 Å². The summed E-state index contributed by atoms with van der Waals surface area (Å²) in [7, 11) is 1.22. The van der Waals surface area contributed by atoms with E-state index in [1.54, 1.807) is 0 Å². The van der Waals surface area contributed by atoms with Gasteiger partial charge < -0.3 is 9.84 Å². The number of nitrogens with zero attached hydrogens (tertiary/aromatic N) is 4. The number of esters is 1. The highest BCUT2D eigenvalue weighted by atomic mass is 16.5. The number of methoxy groups -OCH3 is 1. The summed E-state index contributed by atoms with van der Waals surface area (Å²) in [6, 6.07) is 1.49. The fourth-order valence-electron chi connectivity index (χ4n) is 1.22. The third-order valence-corrected chi connectivity index (χ3v) is 2.07. The average molecular weight is 248 g/mol. The average Bonchev–Trinajstić information content (AvgIpc) is 2.88. The van der Waals surface area contributed by atoms with Crippen molar-refractivity contribution in [1.82, 2.24) is 19.7 Å². The molecule has 2 aromatic heterocycles. The second kappa shape index (κ2) is 4.62. The van der Waals surface area contributed by atoms with Crippen molar-refractivity contribution in [3.8, 4) is 5.82 Å². The molecule has 0 spiro atoms. The quantitative estimate of drug-likeness (QED) is 0.770. The van der Waals surface area contributed by atoms with Gasteiger partial charge in [-0.2, -0.15) is 5.10 Å². The number of ether oxygens (including phenoxy) is 1. The lowest BCUT2D eigenvalue weighted by atomic mass is 10.4. The van der Waals surface area contributed by atoms with Gasteiger partial charge in [0, 0.05) is 18.5 Å². The number of carboxylic acids is 1. The summed E-state index contributed by atoms with van der Waals surface area (Å²) in [6.45, 7) is 0.